The molecule has 100 valence electrons. The number of carbonyl (C=O) groups is 1. The Kier molecular flexibility index (Phi) is 5.15. The van der Waals surface area contributed by atoms with Crippen LogP contribution in [-0.4, -0.2) is 26.0 Å². The number of sulfonamides is 1. The second-order valence-corrected chi connectivity index (χ2v) is 6.70. The van der Waals surface area contributed by atoms with E-state index in [4.69, 9.17) is 16.7 Å². The first-order chi connectivity index (χ1) is 8.24. The molecule has 5 nitrogen and oxygen atoms in total. The Hall–Kier alpha value is -0.630. The molecule has 0 saturated carbocycles. The van der Waals surface area contributed by atoms with Gasteiger partial charge in [-0.05, 0) is 34.1 Å². The largest absolute Gasteiger partial charge is 0.481 e. The van der Waals surface area contributed by atoms with Crippen molar-refractivity contribution in [1.29, 1.82) is 0 Å². The van der Waals surface area contributed by atoms with Gasteiger partial charge in [0.05, 0.1) is 15.8 Å². The molecule has 0 radical (unpaired) electrons. The molecule has 0 aliphatic rings. The molecule has 0 aromatic heterocycles. The van der Waals surface area contributed by atoms with Crippen LogP contribution in [-0.2, 0) is 14.8 Å². The van der Waals surface area contributed by atoms with Gasteiger partial charge in [0.2, 0.25) is 10.0 Å². The fraction of sp³-hybridized carbons (Fsp3) is 0.300. The van der Waals surface area contributed by atoms with E-state index in [1.807, 2.05) is 0 Å². The first-order valence-electron chi connectivity index (χ1n) is 4.91. The summed E-state index contributed by atoms with van der Waals surface area (Å²) in [7, 11) is -3.73. The topological polar surface area (TPSA) is 83.5 Å². The summed E-state index contributed by atoms with van der Waals surface area (Å²) in [5.41, 5.74) is 0. The maximum atomic E-state index is 11.9. The Bertz CT molecular complexity index is 561. The normalized spacial score (nSPS) is 13.3. The van der Waals surface area contributed by atoms with Crippen molar-refractivity contribution in [3.63, 3.8) is 0 Å². The van der Waals surface area contributed by atoms with Crippen LogP contribution < -0.4 is 4.72 Å². The molecule has 0 saturated heterocycles. The van der Waals surface area contributed by atoms with Crippen molar-refractivity contribution >= 4 is 43.5 Å². The van der Waals surface area contributed by atoms with Gasteiger partial charge in [0.1, 0.15) is 0 Å². The molecule has 1 aromatic carbocycles. The summed E-state index contributed by atoms with van der Waals surface area (Å²) in [6, 6.07) is 4.15. The van der Waals surface area contributed by atoms with Crippen molar-refractivity contribution in [3.05, 3.63) is 27.7 Å². The van der Waals surface area contributed by atoms with Crippen LogP contribution in [0.4, 0.5) is 0 Å². The van der Waals surface area contributed by atoms with Gasteiger partial charge in [0.15, 0.2) is 0 Å². The highest BCUT2D eigenvalue weighted by Gasteiger charge is 2.18. The molecule has 0 fully saturated rings. The van der Waals surface area contributed by atoms with Crippen LogP contribution in [0.5, 0.6) is 0 Å². The zero-order valence-electron chi connectivity index (χ0n) is 9.35. The van der Waals surface area contributed by atoms with Crippen LogP contribution in [0.2, 0.25) is 5.02 Å². The second kappa shape index (κ2) is 6.01. The maximum Gasteiger partial charge on any atom is 0.307 e. The van der Waals surface area contributed by atoms with E-state index in [9.17, 15) is 13.2 Å². The molecule has 8 heteroatoms. The molecule has 1 atom stereocenters. The lowest BCUT2D eigenvalue weighted by Gasteiger charge is -2.10. The quantitative estimate of drug-likeness (QED) is 0.846. The summed E-state index contributed by atoms with van der Waals surface area (Å²) in [6.45, 7) is 1.25. The lowest BCUT2D eigenvalue weighted by molar-refractivity contribution is -0.140. The first kappa shape index (κ1) is 15.4. The van der Waals surface area contributed by atoms with Crippen molar-refractivity contribution in [3.8, 4) is 0 Å². The number of halogens is 2. The van der Waals surface area contributed by atoms with Gasteiger partial charge >= 0.3 is 5.97 Å². The average Bonchev–Trinajstić information content (AvgIpc) is 2.29. The highest BCUT2D eigenvalue weighted by Crippen LogP contribution is 2.25. The predicted molar refractivity (Wildman–Crippen MR) is 71.1 cm³/mol. The fourth-order valence-electron chi connectivity index (χ4n) is 1.05. The molecule has 0 aliphatic heterocycles. The molecular weight excluding hydrogens is 346 g/mol. The Balaban J connectivity index is 2.87. The van der Waals surface area contributed by atoms with Gasteiger partial charge in [-0.25, -0.2) is 13.1 Å². The van der Waals surface area contributed by atoms with Crippen LogP contribution >= 0.6 is 27.5 Å². The summed E-state index contributed by atoms with van der Waals surface area (Å²) in [6.07, 6.45) is 0. The number of benzene rings is 1. The zero-order chi connectivity index (χ0) is 13.9. The lowest BCUT2D eigenvalue weighted by atomic mass is 10.2. The standard InChI is InChI=1S/C10H11BrClNO4S/c1-6(10(14)15)5-13-18(16,17)7-2-3-9(12)8(11)4-7/h2-4,6,13H,5H2,1H3,(H,14,15). The number of hydrogen-bond acceptors (Lipinski definition) is 3. The first-order valence-corrected chi connectivity index (χ1v) is 7.57. The molecule has 2 N–H and O–H groups in total. The van der Waals surface area contributed by atoms with E-state index in [1.165, 1.54) is 25.1 Å². The minimum Gasteiger partial charge on any atom is -0.481 e. The third-order valence-corrected chi connectivity index (χ3v) is 4.84. The van der Waals surface area contributed by atoms with Gasteiger partial charge in [-0.2, -0.15) is 0 Å². The van der Waals surface area contributed by atoms with Gasteiger partial charge in [0, 0.05) is 11.0 Å². The molecule has 0 spiro atoms. The van der Waals surface area contributed by atoms with E-state index in [1.54, 1.807) is 0 Å². The Morgan fingerprint density at radius 2 is 2.17 bits per heavy atom. The maximum absolute atomic E-state index is 11.9. The Morgan fingerprint density at radius 1 is 1.56 bits per heavy atom. The van der Waals surface area contributed by atoms with E-state index in [0.717, 1.165) is 0 Å². The molecule has 0 heterocycles. The highest BCUT2D eigenvalue weighted by molar-refractivity contribution is 9.10. The molecule has 18 heavy (non-hydrogen) atoms. The number of aliphatic carboxylic acids is 1. The molecule has 1 rings (SSSR count). The van der Waals surface area contributed by atoms with Gasteiger partial charge in [-0.1, -0.05) is 18.5 Å². The monoisotopic (exact) mass is 355 g/mol. The summed E-state index contributed by atoms with van der Waals surface area (Å²) in [4.78, 5) is 10.6. The van der Waals surface area contributed by atoms with Gasteiger partial charge < -0.3 is 5.11 Å². The van der Waals surface area contributed by atoms with Gasteiger partial charge in [0.25, 0.3) is 0 Å². The molecule has 0 bridgehead atoms. The third-order valence-electron chi connectivity index (χ3n) is 2.20. The van der Waals surface area contributed by atoms with Crippen molar-refractivity contribution < 1.29 is 18.3 Å². The number of rotatable bonds is 5. The van der Waals surface area contributed by atoms with Crippen LogP contribution in [0, 0.1) is 5.92 Å². The van der Waals surface area contributed by atoms with Crippen LogP contribution in [0.3, 0.4) is 0 Å². The second-order valence-electron chi connectivity index (χ2n) is 3.67. The molecular formula is C10H11BrClNO4S. The number of carboxylic acid groups (broad SMARTS) is 1. The van der Waals surface area contributed by atoms with Gasteiger partial charge in [-0.15, -0.1) is 0 Å². The Labute approximate surface area is 118 Å². The summed E-state index contributed by atoms with van der Waals surface area (Å²) >= 11 is 8.88. The highest BCUT2D eigenvalue weighted by atomic mass is 79.9. The summed E-state index contributed by atoms with van der Waals surface area (Å²) in [5, 5.41) is 9.07. The number of hydrogen-bond donors (Lipinski definition) is 2. The Morgan fingerprint density at radius 3 is 2.67 bits per heavy atom. The van der Waals surface area contributed by atoms with Crippen LogP contribution in [0.25, 0.3) is 0 Å². The molecule has 0 aliphatic carbocycles. The van der Waals surface area contributed by atoms with E-state index in [0.29, 0.717) is 9.50 Å². The van der Waals surface area contributed by atoms with E-state index < -0.39 is 21.9 Å². The van der Waals surface area contributed by atoms with Crippen molar-refractivity contribution in [2.45, 2.75) is 11.8 Å². The van der Waals surface area contributed by atoms with Crippen molar-refractivity contribution in [2.75, 3.05) is 6.54 Å². The predicted octanol–water partition coefficient (Wildman–Crippen LogP) is 2.10. The minimum absolute atomic E-state index is 0.0244. The van der Waals surface area contributed by atoms with Crippen LogP contribution in [0.1, 0.15) is 6.92 Å². The zero-order valence-corrected chi connectivity index (χ0v) is 12.5. The number of nitrogens with one attached hydrogen (secondary N) is 1. The number of carboxylic acids is 1. The van der Waals surface area contributed by atoms with E-state index in [-0.39, 0.29) is 11.4 Å². The van der Waals surface area contributed by atoms with Crippen molar-refractivity contribution in [1.82, 2.24) is 4.72 Å². The molecule has 0 amide bonds. The van der Waals surface area contributed by atoms with E-state index >= 15 is 0 Å². The SMILES string of the molecule is CC(CNS(=O)(=O)c1ccc(Cl)c(Br)c1)C(=O)O. The minimum atomic E-state index is -3.73. The molecule has 1 unspecified atom stereocenters. The third kappa shape index (κ3) is 3.94. The van der Waals surface area contributed by atoms with E-state index in [2.05, 4.69) is 20.7 Å². The summed E-state index contributed by atoms with van der Waals surface area (Å²) < 4.78 is 26.4. The fourth-order valence-corrected chi connectivity index (χ4v) is 2.85. The van der Waals surface area contributed by atoms with Crippen LogP contribution in [0.15, 0.2) is 27.6 Å². The van der Waals surface area contributed by atoms with Gasteiger partial charge in [-0.3, -0.25) is 4.79 Å². The summed E-state index contributed by atoms with van der Waals surface area (Å²) in [5.74, 6) is -1.86. The molecule has 1 aromatic rings. The van der Waals surface area contributed by atoms with Crippen molar-refractivity contribution in [2.24, 2.45) is 5.92 Å². The lowest BCUT2D eigenvalue weighted by Crippen LogP contribution is -2.31. The smallest absolute Gasteiger partial charge is 0.307 e. The average molecular weight is 357 g/mol.